The molecule has 7 unspecified atom stereocenters. The SMILES string of the molecule is C=CC(C)=CCC1(C)C(C)CCC23C(=CC(OC(=O)c4ccc(O)c(OC)c4)CC12)C(OC(C)=O)OC3OC(C)=O. The van der Waals surface area contributed by atoms with Crippen LogP contribution < -0.4 is 4.74 Å². The first-order chi connectivity index (χ1) is 19.3. The minimum atomic E-state index is -1.09. The van der Waals surface area contributed by atoms with Gasteiger partial charge in [-0.2, -0.15) is 0 Å². The van der Waals surface area contributed by atoms with Gasteiger partial charge in [0.15, 0.2) is 11.5 Å². The monoisotopic (exact) mass is 568 g/mol. The number of carbonyl (C=O) groups is 3. The normalized spacial score (nSPS) is 32.6. The molecule has 1 spiro atoms. The highest BCUT2D eigenvalue weighted by molar-refractivity contribution is 5.90. The molecule has 41 heavy (non-hydrogen) atoms. The van der Waals surface area contributed by atoms with E-state index in [4.69, 9.17) is 23.7 Å². The summed E-state index contributed by atoms with van der Waals surface area (Å²) in [5, 5.41) is 9.96. The van der Waals surface area contributed by atoms with Crippen molar-refractivity contribution < 1.29 is 43.2 Å². The van der Waals surface area contributed by atoms with E-state index in [-0.39, 0.29) is 34.3 Å². The fourth-order valence-corrected chi connectivity index (χ4v) is 6.82. The molecule has 0 bridgehead atoms. The quantitative estimate of drug-likeness (QED) is 0.184. The third-order valence-corrected chi connectivity index (χ3v) is 9.23. The number of benzene rings is 1. The fourth-order valence-electron chi connectivity index (χ4n) is 6.82. The minimum absolute atomic E-state index is 0.0905. The number of allylic oxidation sites excluding steroid dienone is 3. The first kappa shape index (κ1) is 30.4. The van der Waals surface area contributed by atoms with Crippen molar-refractivity contribution in [3.8, 4) is 11.5 Å². The fraction of sp³-hybridized carbons (Fsp3) is 0.531. The highest BCUT2D eigenvalue weighted by atomic mass is 16.8. The Kier molecular flexibility index (Phi) is 8.68. The lowest BCUT2D eigenvalue weighted by Crippen LogP contribution is -2.57. The van der Waals surface area contributed by atoms with Gasteiger partial charge in [-0.15, -0.1) is 0 Å². The van der Waals surface area contributed by atoms with Crippen LogP contribution in [0.5, 0.6) is 11.5 Å². The second-order valence-electron chi connectivity index (χ2n) is 11.6. The average Bonchev–Trinajstić information content (AvgIpc) is 3.20. The maximum absolute atomic E-state index is 13.3. The Morgan fingerprint density at radius 2 is 1.85 bits per heavy atom. The molecule has 9 nitrogen and oxygen atoms in total. The van der Waals surface area contributed by atoms with Gasteiger partial charge in [0.1, 0.15) is 6.10 Å². The summed E-state index contributed by atoms with van der Waals surface area (Å²) >= 11 is 0. The van der Waals surface area contributed by atoms with Gasteiger partial charge >= 0.3 is 17.9 Å². The molecule has 0 aromatic heterocycles. The van der Waals surface area contributed by atoms with E-state index >= 15 is 0 Å². The number of phenolic OH excluding ortho intramolecular Hbond substituents is 1. The summed E-state index contributed by atoms with van der Waals surface area (Å²) in [5.41, 5.74) is 0.829. The molecule has 9 heteroatoms. The summed E-state index contributed by atoms with van der Waals surface area (Å²) in [6.45, 7) is 12.9. The van der Waals surface area contributed by atoms with Crippen molar-refractivity contribution in [1.82, 2.24) is 0 Å². The van der Waals surface area contributed by atoms with Crippen molar-refractivity contribution >= 4 is 17.9 Å². The van der Waals surface area contributed by atoms with E-state index in [2.05, 4.69) is 26.5 Å². The van der Waals surface area contributed by atoms with E-state index in [1.54, 1.807) is 6.08 Å². The van der Waals surface area contributed by atoms with Crippen LogP contribution in [0.3, 0.4) is 0 Å². The van der Waals surface area contributed by atoms with Gasteiger partial charge in [-0.25, -0.2) is 4.79 Å². The lowest BCUT2D eigenvalue weighted by atomic mass is 9.46. The van der Waals surface area contributed by atoms with E-state index in [9.17, 15) is 19.5 Å². The van der Waals surface area contributed by atoms with Gasteiger partial charge in [0.05, 0.1) is 18.1 Å². The lowest BCUT2D eigenvalue weighted by molar-refractivity contribution is -0.235. The third-order valence-electron chi connectivity index (χ3n) is 9.23. The summed E-state index contributed by atoms with van der Waals surface area (Å²) in [7, 11) is 1.40. The highest BCUT2D eigenvalue weighted by Crippen LogP contribution is 2.67. The van der Waals surface area contributed by atoms with Crippen LogP contribution in [0.4, 0.5) is 0 Å². The van der Waals surface area contributed by atoms with Crippen LogP contribution in [0.15, 0.2) is 54.2 Å². The van der Waals surface area contributed by atoms with Gasteiger partial charge in [0.25, 0.3) is 0 Å². The van der Waals surface area contributed by atoms with Gasteiger partial charge in [-0.3, -0.25) is 14.3 Å². The summed E-state index contributed by atoms with van der Waals surface area (Å²) in [6, 6.07) is 4.26. The molecule has 2 aliphatic carbocycles. The molecular weight excluding hydrogens is 528 g/mol. The predicted molar refractivity (Wildman–Crippen MR) is 150 cm³/mol. The van der Waals surface area contributed by atoms with E-state index in [0.29, 0.717) is 24.8 Å². The van der Waals surface area contributed by atoms with Crippen molar-refractivity contribution in [2.45, 2.75) is 79.0 Å². The van der Waals surface area contributed by atoms with Crippen LogP contribution in [0.1, 0.15) is 70.7 Å². The van der Waals surface area contributed by atoms with Crippen molar-refractivity contribution in [3.05, 3.63) is 59.7 Å². The molecule has 1 aromatic carbocycles. The Hall–Kier alpha value is -3.59. The summed E-state index contributed by atoms with van der Waals surface area (Å²) in [6.07, 6.45) is 5.68. The molecule has 0 amide bonds. The number of aromatic hydroxyl groups is 1. The Balaban J connectivity index is 1.81. The molecular formula is C32H40O9. The summed E-state index contributed by atoms with van der Waals surface area (Å²) in [4.78, 5) is 37.7. The number of phenols is 1. The summed E-state index contributed by atoms with van der Waals surface area (Å²) in [5.74, 6) is -1.46. The van der Waals surface area contributed by atoms with Crippen molar-refractivity contribution in [2.24, 2.45) is 22.7 Å². The smallest absolute Gasteiger partial charge is 0.338 e. The molecule has 1 heterocycles. The van der Waals surface area contributed by atoms with Crippen molar-refractivity contribution in [2.75, 3.05) is 7.11 Å². The molecule has 7 atom stereocenters. The molecule has 222 valence electrons. The van der Waals surface area contributed by atoms with Gasteiger partial charge in [-0.1, -0.05) is 38.2 Å². The Labute approximate surface area is 241 Å². The van der Waals surface area contributed by atoms with Gasteiger partial charge in [0.2, 0.25) is 12.6 Å². The molecule has 0 radical (unpaired) electrons. The topological polar surface area (TPSA) is 118 Å². The first-order valence-corrected chi connectivity index (χ1v) is 13.9. The number of methoxy groups -OCH3 is 1. The zero-order chi connectivity index (χ0) is 30.1. The highest BCUT2D eigenvalue weighted by Gasteiger charge is 2.67. The largest absolute Gasteiger partial charge is 0.504 e. The van der Waals surface area contributed by atoms with E-state index < -0.39 is 42.0 Å². The Bertz CT molecular complexity index is 1280. The minimum Gasteiger partial charge on any atom is -0.504 e. The van der Waals surface area contributed by atoms with Crippen molar-refractivity contribution in [1.29, 1.82) is 0 Å². The maximum atomic E-state index is 13.3. The number of carbonyl (C=O) groups excluding carboxylic acids is 3. The van der Waals surface area contributed by atoms with Crippen LogP contribution in [-0.2, 0) is 28.5 Å². The summed E-state index contributed by atoms with van der Waals surface area (Å²) < 4.78 is 28.7. The lowest BCUT2D eigenvalue weighted by Gasteiger charge is -2.58. The van der Waals surface area contributed by atoms with Crippen LogP contribution in [0.25, 0.3) is 0 Å². The van der Waals surface area contributed by atoms with E-state index in [1.807, 2.05) is 13.0 Å². The molecule has 1 aromatic rings. The molecule has 1 saturated carbocycles. The second kappa shape index (κ2) is 11.7. The number of ether oxygens (including phenoxy) is 5. The molecule has 3 aliphatic rings. The molecule has 2 fully saturated rings. The van der Waals surface area contributed by atoms with Crippen LogP contribution in [0.2, 0.25) is 0 Å². The number of rotatable bonds is 8. The molecule has 1 N–H and O–H groups in total. The maximum Gasteiger partial charge on any atom is 0.338 e. The van der Waals surface area contributed by atoms with Gasteiger partial charge in [-0.05, 0) is 74.1 Å². The molecule has 1 saturated heterocycles. The third kappa shape index (κ3) is 5.64. The predicted octanol–water partition coefficient (Wildman–Crippen LogP) is 5.63. The standard InChI is InChI=1S/C32H40O9/c1-8-18(2)11-13-31(6)19(3)12-14-32-24(29(38-20(4)33)41-30(32)39-21(5)34)16-23(17-27(31)32)40-28(36)22-9-10-25(35)26(15-22)37-7/h8-11,15-16,19,23,27,29-30,35H,1,12-14,17H2,2-7H3. The Morgan fingerprint density at radius 3 is 2.49 bits per heavy atom. The van der Waals surface area contributed by atoms with Crippen LogP contribution in [0, 0.1) is 22.7 Å². The van der Waals surface area contributed by atoms with Gasteiger partial charge in [0, 0.05) is 19.4 Å². The van der Waals surface area contributed by atoms with Gasteiger partial charge < -0.3 is 24.1 Å². The van der Waals surface area contributed by atoms with E-state index in [1.165, 1.54) is 39.2 Å². The Morgan fingerprint density at radius 1 is 1.15 bits per heavy atom. The molecule has 1 aliphatic heterocycles. The number of esters is 3. The zero-order valence-electron chi connectivity index (χ0n) is 24.6. The van der Waals surface area contributed by atoms with Crippen LogP contribution in [-0.4, -0.2) is 48.8 Å². The van der Waals surface area contributed by atoms with Crippen molar-refractivity contribution in [3.63, 3.8) is 0 Å². The first-order valence-electron chi connectivity index (χ1n) is 13.9. The number of hydrogen-bond acceptors (Lipinski definition) is 9. The average molecular weight is 569 g/mol. The molecule has 4 rings (SSSR count). The van der Waals surface area contributed by atoms with E-state index in [0.717, 1.165) is 12.0 Å². The van der Waals surface area contributed by atoms with Crippen LogP contribution >= 0.6 is 0 Å². The number of hydrogen-bond donors (Lipinski definition) is 1. The zero-order valence-corrected chi connectivity index (χ0v) is 24.6. The second-order valence-corrected chi connectivity index (χ2v) is 11.6.